The zero-order chi connectivity index (χ0) is 48.4. The summed E-state index contributed by atoms with van der Waals surface area (Å²) in [4.78, 5) is 22.6. The summed E-state index contributed by atoms with van der Waals surface area (Å²) >= 11 is 0. The average Bonchev–Trinajstić information content (AvgIpc) is 3.30. The lowest BCUT2D eigenvalue weighted by Crippen LogP contribution is -2.65. The minimum atomic E-state index is -2.04. The molecule has 24 nitrogen and oxygen atoms in total. The molecule has 5 aliphatic rings. The Labute approximate surface area is 378 Å². The van der Waals surface area contributed by atoms with Gasteiger partial charge < -0.3 is 113 Å². The largest absolute Gasteiger partial charge is 0.510 e. The van der Waals surface area contributed by atoms with Gasteiger partial charge in [0, 0.05) is 17.7 Å². The van der Waals surface area contributed by atoms with E-state index < -0.39 is 134 Å². The fraction of sp³-hybridized carbons (Fsp3) is 0.442. The highest BCUT2D eigenvalue weighted by molar-refractivity contribution is 5.88. The van der Waals surface area contributed by atoms with Gasteiger partial charge in [-0.05, 0) is 48.0 Å². The van der Waals surface area contributed by atoms with Crippen LogP contribution >= 0.6 is 0 Å². The highest BCUT2D eigenvalue weighted by atomic mass is 16.8. The SMILES string of the molecule is COc1cc(C=CC(=[OH+])OC[C@H]2O[C@@H](O[C@@H]3CO[C@@H](O[C@H]4[C@H](Oc5cc6c(O)cc(=O)cc-6oc5-c5ccc(O)c(O)c5)O[C@H](CO)[C@H](O)[C@@H]4O)[C@H](O)[C@H]3O)[C@H](O)[C@@H](O)[C@@H]2O)cc(OC)c1O. The Bertz CT molecular complexity index is 2400. The third-order valence-corrected chi connectivity index (χ3v) is 11.1. The van der Waals surface area contributed by atoms with Gasteiger partial charge in [0.25, 0.3) is 0 Å². The van der Waals surface area contributed by atoms with Crippen LogP contribution < -0.4 is 19.6 Å². The number of esters is 1. The second-order valence-electron chi connectivity index (χ2n) is 15.6. The predicted molar refractivity (Wildman–Crippen MR) is 222 cm³/mol. The number of benzene rings is 3. The molecule has 4 aliphatic heterocycles. The van der Waals surface area contributed by atoms with Crippen LogP contribution in [0.1, 0.15) is 5.56 Å². The molecule has 13 N–H and O–H groups in total. The molecule has 0 aromatic heterocycles. The number of aromatic hydroxyl groups is 4. The lowest BCUT2D eigenvalue weighted by molar-refractivity contribution is -0.364. The van der Waals surface area contributed by atoms with E-state index in [1.54, 1.807) is 0 Å². The first kappa shape index (κ1) is 49.1. The van der Waals surface area contributed by atoms with Crippen molar-refractivity contribution in [3.8, 4) is 62.9 Å². The van der Waals surface area contributed by atoms with Gasteiger partial charge in [-0.15, -0.1) is 0 Å². The van der Waals surface area contributed by atoms with Crippen molar-refractivity contribution in [2.24, 2.45) is 0 Å². The summed E-state index contributed by atoms with van der Waals surface area (Å²) in [5.41, 5.74) is -0.206. The lowest BCUT2D eigenvalue weighted by Gasteiger charge is -2.46. The minimum Gasteiger partial charge on any atom is -0.507 e. The number of hydrogen-bond donors (Lipinski definition) is 12. The van der Waals surface area contributed by atoms with Gasteiger partial charge in [-0.3, -0.25) is 4.79 Å². The van der Waals surface area contributed by atoms with Crippen molar-refractivity contribution in [3.05, 3.63) is 70.4 Å². The first-order valence-electron chi connectivity index (χ1n) is 20.3. The Balaban J connectivity index is 1.04. The number of carbonyl (C=O) groups excluding carboxylic acids is 1. The monoisotopic (exact) mass is 949 g/mol. The van der Waals surface area contributed by atoms with Crippen molar-refractivity contribution in [2.75, 3.05) is 34.0 Å². The number of hydrogen-bond acceptors (Lipinski definition) is 23. The number of rotatable bonds is 14. The van der Waals surface area contributed by atoms with Gasteiger partial charge in [0.1, 0.15) is 72.5 Å². The number of phenols is 4. The maximum Gasteiger partial charge on any atom is 0.510 e. The molecule has 67 heavy (non-hydrogen) atoms. The van der Waals surface area contributed by atoms with E-state index in [0.29, 0.717) is 5.56 Å². The standard InChI is InChI=1S/C43H48O24/c1-58-24-7-16(8-25(59-2)31(24)50)3-6-30(49)60-14-28-33(52)35(54)38(57)42(65-28)66-29-15-61-41(37(56)34(29)53)67-40-36(55)32(51)27(13-44)64-43(40)63-26-12-19-21(47)10-18(45)11-23(19)62-39(26)17-4-5-20(46)22(48)9-17/h3-12,27-29,32-38,40-44,46-48,50-57H,13-15H2,1-2H3/p+1/t27-,28-,29-,32+,33-,34+,35+,36+,37-,38-,40-,41+,42+,43-/m1/s1. The summed E-state index contributed by atoms with van der Waals surface area (Å²) in [6.07, 6.45) is -22.7. The van der Waals surface area contributed by atoms with Crippen molar-refractivity contribution in [2.45, 2.75) is 86.0 Å². The van der Waals surface area contributed by atoms with E-state index in [9.17, 15) is 70.9 Å². The van der Waals surface area contributed by atoms with Gasteiger partial charge in [-0.2, -0.15) is 0 Å². The number of phenolic OH excluding ortho intramolecular Hbond substituents is 4. The Morgan fingerprint density at radius 1 is 0.716 bits per heavy atom. The second-order valence-corrected chi connectivity index (χ2v) is 15.6. The van der Waals surface area contributed by atoms with E-state index in [-0.39, 0.29) is 45.6 Å². The molecule has 3 saturated heterocycles. The molecule has 0 spiro atoms. The van der Waals surface area contributed by atoms with Crippen molar-refractivity contribution < 1.29 is 113 Å². The molecule has 2 aromatic rings. The molecule has 0 unspecified atom stereocenters. The fourth-order valence-corrected chi connectivity index (χ4v) is 7.44. The van der Waals surface area contributed by atoms with Gasteiger partial charge in [0.05, 0.1) is 39.1 Å². The molecule has 7 rings (SSSR count). The first-order chi connectivity index (χ1) is 31.9. The smallest absolute Gasteiger partial charge is 0.507 e. The molecule has 24 heteroatoms. The summed E-state index contributed by atoms with van der Waals surface area (Å²) in [5.74, 6) is -3.03. The van der Waals surface area contributed by atoms with Crippen LogP contribution in [-0.2, 0) is 28.4 Å². The second kappa shape index (κ2) is 20.6. The topological polar surface area (TPSA) is 377 Å². The van der Waals surface area contributed by atoms with Crippen LogP contribution in [0.3, 0.4) is 0 Å². The van der Waals surface area contributed by atoms with Gasteiger partial charge in [-0.25, -0.2) is 0 Å². The predicted octanol–water partition coefficient (Wildman–Crippen LogP) is -2.04. The molecular weight excluding hydrogens is 900 g/mol. The summed E-state index contributed by atoms with van der Waals surface area (Å²) in [7, 11) is 2.66. The summed E-state index contributed by atoms with van der Waals surface area (Å²) < 4.78 is 56.2. The quantitative estimate of drug-likeness (QED) is 0.0280. The van der Waals surface area contributed by atoms with E-state index in [1.807, 2.05) is 0 Å². The molecule has 14 atom stereocenters. The highest BCUT2D eigenvalue weighted by Gasteiger charge is 2.52. The van der Waals surface area contributed by atoms with Crippen molar-refractivity contribution in [1.82, 2.24) is 0 Å². The third-order valence-electron chi connectivity index (χ3n) is 11.1. The zero-order valence-corrected chi connectivity index (χ0v) is 35.3. The first-order valence-corrected chi connectivity index (χ1v) is 20.3. The molecular formula is C43H49O24+. The Hall–Kier alpha value is -5.84. The average molecular weight is 950 g/mol. The van der Waals surface area contributed by atoms with Crippen LogP contribution in [0, 0.1) is 0 Å². The van der Waals surface area contributed by atoms with Crippen LogP contribution in [0.2, 0.25) is 0 Å². The van der Waals surface area contributed by atoms with Crippen LogP contribution in [-0.4, -0.2) is 192 Å². The Morgan fingerprint density at radius 3 is 2.06 bits per heavy atom. The van der Waals surface area contributed by atoms with Crippen LogP contribution in [0.15, 0.2) is 63.8 Å². The molecule has 0 saturated carbocycles. The third kappa shape index (κ3) is 10.4. The highest BCUT2D eigenvalue weighted by Crippen LogP contribution is 2.44. The molecule has 0 radical (unpaired) electrons. The number of fused-ring (bicyclic) bond motifs is 1. The van der Waals surface area contributed by atoms with Crippen molar-refractivity contribution >= 4 is 12.0 Å². The molecule has 2 aromatic carbocycles. The summed E-state index contributed by atoms with van der Waals surface area (Å²) in [6.45, 7) is -2.09. The molecule has 0 amide bonds. The molecule has 364 valence electrons. The molecule has 0 bridgehead atoms. The van der Waals surface area contributed by atoms with E-state index in [2.05, 4.69) is 0 Å². The minimum absolute atomic E-state index is 0.0546. The summed E-state index contributed by atoms with van der Waals surface area (Å²) in [5, 5.41) is 128. The van der Waals surface area contributed by atoms with Crippen LogP contribution in [0.5, 0.6) is 40.2 Å². The Morgan fingerprint density at radius 2 is 1.39 bits per heavy atom. The number of aliphatic hydroxyl groups is 8. The van der Waals surface area contributed by atoms with Gasteiger partial charge in [-0.1, -0.05) is 0 Å². The number of ether oxygens (including phenoxy) is 9. The lowest BCUT2D eigenvalue weighted by atomic mass is 9.98. The van der Waals surface area contributed by atoms with E-state index in [0.717, 1.165) is 30.3 Å². The van der Waals surface area contributed by atoms with Crippen molar-refractivity contribution in [3.63, 3.8) is 0 Å². The normalized spacial score (nSPS) is 31.1. The van der Waals surface area contributed by atoms with E-state index in [1.165, 1.54) is 44.6 Å². The van der Waals surface area contributed by atoms with E-state index in [4.69, 9.17) is 47.0 Å². The maximum atomic E-state index is 12.2. The van der Waals surface area contributed by atoms with Gasteiger partial charge in [0.2, 0.25) is 18.6 Å². The van der Waals surface area contributed by atoms with Crippen LogP contribution in [0.4, 0.5) is 0 Å². The molecule has 4 heterocycles. The number of methoxy groups -OCH3 is 2. The van der Waals surface area contributed by atoms with Crippen LogP contribution in [0.25, 0.3) is 28.7 Å². The van der Waals surface area contributed by atoms with Crippen molar-refractivity contribution in [1.29, 1.82) is 0 Å². The fourth-order valence-electron chi connectivity index (χ4n) is 7.44. The maximum absolute atomic E-state index is 12.2. The zero-order valence-electron chi connectivity index (χ0n) is 35.3. The summed E-state index contributed by atoms with van der Waals surface area (Å²) in [6, 6.07) is 9.54. The molecule has 1 aliphatic carbocycles. The van der Waals surface area contributed by atoms with Gasteiger partial charge in [0.15, 0.2) is 58.6 Å². The Kier molecular flexibility index (Phi) is 15.1. The van der Waals surface area contributed by atoms with E-state index >= 15 is 0 Å². The van der Waals surface area contributed by atoms with Gasteiger partial charge >= 0.3 is 5.97 Å². The number of aliphatic hydroxyl groups excluding tert-OH is 8. The molecule has 3 fully saturated rings.